The van der Waals surface area contributed by atoms with E-state index >= 15 is 0 Å². The van der Waals surface area contributed by atoms with Crippen molar-refractivity contribution in [1.29, 1.82) is 0 Å². The standard InChI is InChI=1S/C21H31NO3/c1-15-12-16(2)14-17(13-15)21(9-10-21)19(24)22(6)11-7-8-18(23)25-20(3,4)5/h12-14H,7-11H2,1-6H3. The van der Waals surface area contributed by atoms with Crippen molar-refractivity contribution in [2.75, 3.05) is 13.6 Å². The number of amides is 1. The molecule has 4 nitrogen and oxygen atoms in total. The smallest absolute Gasteiger partial charge is 0.306 e. The highest BCUT2D eigenvalue weighted by Crippen LogP contribution is 2.49. The Morgan fingerprint density at radius 2 is 1.68 bits per heavy atom. The second kappa shape index (κ2) is 7.19. The molecule has 0 saturated heterocycles. The van der Waals surface area contributed by atoms with Crippen LogP contribution < -0.4 is 0 Å². The molecule has 0 atom stereocenters. The summed E-state index contributed by atoms with van der Waals surface area (Å²) in [7, 11) is 1.83. The van der Waals surface area contributed by atoms with Crippen LogP contribution in [-0.2, 0) is 19.7 Å². The minimum Gasteiger partial charge on any atom is -0.460 e. The van der Waals surface area contributed by atoms with Crippen molar-refractivity contribution in [3.05, 3.63) is 34.9 Å². The molecule has 0 aliphatic heterocycles. The molecule has 0 spiro atoms. The molecule has 25 heavy (non-hydrogen) atoms. The van der Waals surface area contributed by atoms with E-state index in [-0.39, 0.29) is 17.3 Å². The quantitative estimate of drug-likeness (QED) is 0.734. The molecule has 0 aromatic heterocycles. The normalized spacial score (nSPS) is 15.6. The van der Waals surface area contributed by atoms with E-state index < -0.39 is 5.60 Å². The maximum absolute atomic E-state index is 13.0. The highest BCUT2D eigenvalue weighted by Gasteiger charge is 2.52. The van der Waals surface area contributed by atoms with E-state index in [0.29, 0.717) is 19.4 Å². The number of esters is 1. The van der Waals surface area contributed by atoms with Gasteiger partial charge >= 0.3 is 5.97 Å². The van der Waals surface area contributed by atoms with Gasteiger partial charge in [0.25, 0.3) is 0 Å². The van der Waals surface area contributed by atoms with E-state index in [1.807, 2.05) is 27.8 Å². The van der Waals surface area contributed by atoms with E-state index in [1.54, 1.807) is 4.90 Å². The van der Waals surface area contributed by atoms with Crippen LogP contribution in [0.3, 0.4) is 0 Å². The lowest BCUT2D eigenvalue weighted by Crippen LogP contribution is -2.37. The molecule has 0 unspecified atom stereocenters. The van der Waals surface area contributed by atoms with Crippen molar-refractivity contribution < 1.29 is 14.3 Å². The van der Waals surface area contributed by atoms with Gasteiger partial charge in [0.05, 0.1) is 5.41 Å². The molecule has 0 N–H and O–H groups in total. The van der Waals surface area contributed by atoms with Crippen molar-refractivity contribution in [2.24, 2.45) is 0 Å². The fourth-order valence-electron chi connectivity index (χ4n) is 3.32. The first-order valence-corrected chi connectivity index (χ1v) is 9.10. The van der Waals surface area contributed by atoms with Crippen molar-refractivity contribution in [1.82, 2.24) is 4.90 Å². The van der Waals surface area contributed by atoms with Crippen LogP contribution in [0.4, 0.5) is 0 Å². The second-order valence-electron chi connectivity index (χ2n) is 8.38. The lowest BCUT2D eigenvalue weighted by molar-refractivity contribution is -0.155. The summed E-state index contributed by atoms with van der Waals surface area (Å²) in [5.74, 6) is -0.0366. The van der Waals surface area contributed by atoms with Crippen molar-refractivity contribution in [2.45, 2.75) is 71.3 Å². The summed E-state index contributed by atoms with van der Waals surface area (Å²) in [6, 6.07) is 6.40. The topological polar surface area (TPSA) is 46.6 Å². The number of aryl methyl sites for hydroxylation is 2. The largest absolute Gasteiger partial charge is 0.460 e. The monoisotopic (exact) mass is 345 g/mol. The molecule has 1 aromatic carbocycles. The van der Waals surface area contributed by atoms with E-state index in [4.69, 9.17) is 4.74 Å². The van der Waals surface area contributed by atoms with Gasteiger partial charge in [-0.05, 0) is 59.4 Å². The number of carbonyl (C=O) groups is 2. The van der Waals surface area contributed by atoms with Crippen molar-refractivity contribution >= 4 is 11.9 Å². The Labute approximate surface area is 151 Å². The van der Waals surface area contributed by atoms with Gasteiger partial charge in [-0.3, -0.25) is 9.59 Å². The maximum Gasteiger partial charge on any atom is 0.306 e. The molecular weight excluding hydrogens is 314 g/mol. The Hall–Kier alpha value is -1.84. The summed E-state index contributed by atoms with van der Waals surface area (Å²) in [5, 5.41) is 0. The Morgan fingerprint density at radius 3 is 2.16 bits per heavy atom. The first-order chi connectivity index (χ1) is 11.5. The van der Waals surface area contributed by atoms with Gasteiger partial charge in [0.1, 0.15) is 5.60 Å². The fourth-order valence-corrected chi connectivity index (χ4v) is 3.32. The zero-order valence-corrected chi connectivity index (χ0v) is 16.4. The van der Waals surface area contributed by atoms with Crippen LogP contribution in [0.15, 0.2) is 18.2 Å². The van der Waals surface area contributed by atoms with Gasteiger partial charge in [-0.25, -0.2) is 0 Å². The summed E-state index contributed by atoms with van der Waals surface area (Å²) >= 11 is 0. The molecular formula is C21H31NO3. The molecule has 0 radical (unpaired) electrons. The summed E-state index contributed by atoms with van der Waals surface area (Å²) in [4.78, 5) is 26.5. The predicted molar refractivity (Wildman–Crippen MR) is 99.5 cm³/mol. The second-order valence-corrected chi connectivity index (χ2v) is 8.38. The number of carbonyl (C=O) groups excluding carboxylic acids is 2. The van der Waals surface area contributed by atoms with Crippen molar-refractivity contribution in [3.8, 4) is 0 Å². The highest BCUT2D eigenvalue weighted by atomic mass is 16.6. The molecule has 1 fully saturated rings. The summed E-state index contributed by atoms with van der Waals surface area (Å²) in [6.45, 7) is 10.3. The molecule has 1 amide bonds. The Bertz CT molecular complexity index is 633. The SMILES string of the molecule is Cc1cc(C)cc(C2(C(=O)N(C)CCCC(=O)OC(C)(C)C)CC2)c1. The number of nitrogens with zero attached hydrogens (tertiary/aromatic N) is 1. The number of hydrogen-bond acceptors (Lipinski definition) is 3. The average molecular weight is 345 g/mol. The first-order valence-electron chi connectivity index (χ1n) is 9.10. The molecule has 1 aromatic rings. The van der Waals surface area contributed by atoms with Gasteiger partial charge in [-0.1, -0.05) is 29.3 Å². The first kappa shape index (κ1) is 19.5. The summed E-state index contributed by atoms with van der Waals surface area (Å²) in [6.07, 6.45) is 2.78. The van der Waals surface area contributed by atoms with E-state index in [2.05, 4.69) is 32.0 Å². The van der Waals surface area contributed by atoms with Crippen LogP contribution in [0.1, 0.15) is 63.1 Å². The predicted octanol–water partition coefficient (Wildman–Crippen LogP) is 3.92. The van der Waals surface area contributed by atoms with Gasteiger partial charge in [0.2, 0.25) is 5.91 Å². The summed E-state index contributed by atoms with van der Waals surface area (Å²) < 4.78 is 5.31. The van der Waals surface area contributed by atoms with Crippen LogP contribution in [0, 0.1) is 13.8 Å². The van der Waals surface area contributed by atoms with Crippen LogP contribution in [-0.4, -0.2) is 36.0 Å². The third-order valence-corrected chi connectivity index (χ3v) is 4.57. The number of hydrogen-bond donors (Lipinski definition) is 0. The van der Waals surface area contributed by atoms with Gasteiger partial charge in [-0.2, -0.15) is 0 Å². The van der Waals surface area contributed by atoms with Crippen molar-refractivity contribution in [3.63, 3.8) is 0 Å². The molecule has 2 rings (SSSR count). The number of benzene rings is 1. The fraction of sp³-hybridized carbons (Fsp3) is 0.619. The number of ether oxygens (including phenoxy) is 1. The molecule has 0 heterocycles. The lowest BCUT2D eigenvalue weighted by Gasteiger charge is -2.25. The van der Waals surface area contributed by atoms with Gasteiger partial charge in [0, 0.05) is 20.0 Å². The Kier molecular flexibility index (Phi) is 5.60. The van der Waals surface area contributed by atoms with Gasteiger partial charge < -0.3 is 9.64 Å². The minimum atomic E-state index is -0.458. The molecule has 1 aliphatic carbocycles. The van der Waals surface area contributed by atoms with Crippen LogP contribution in [0.5, 0.6) is 0 Å². The van der Waals surface area contributed by atoms with Gasteiger partial charge in [0.15, 0.2) is 0 Å². The van der Waals surface area contributed by atoms with E-state index in [9.17, 15) is 9.59 Å². The molecule has 1 aliphatic rings. The molecule has 0 bridgehead atoms. The average Bonchev–Trinajstić information content (AvgIpc) is 3.25. The Balaban J connectivity index is 1.92. The summed E-state index contributed by atoms with van der Waals surface area (Å²) in [5.41, 5.74) is 2.72. The Morgan fingerprint density at radius 1 is 1.12 bits per heavy atom. The van der Waals surface area contributed by atoms with Crippen LogP contribution in [0.25, 0.3) is 0 Å². The number of likely N-dealkylation sites (N-methyl/N-ethyl adjacent to an activating group) is 1. The zero-order chi connectivity index (χ0) is 18.8. The van der Waals surface area contributed by atoms with Crippen LogP contribution >= 0.6 is 0 Å². The van der Waals surface area contributed by atoms with E-state index in [1.165, 1.54) is 11.1 Å². The molecule has 4 heteroatoms. The van der Waals surface area contributed by atoms with Crippen LogP contribution in [0.2, 0.25) is 0 Å². The molecule has 138 valence electrons. The minimum absolute atomic E-state index is 0.168. The van der Waals surface area contributed by atoms with Gasteiger partial charge in [-0.15, -0.1) is 0 Å². The number of rotatable bonds is 6. The third kappa shape index (κ3) is 5.07. The zero-order valence-electron chi connectivity index (χ0n) is 16.4. The third-order valence-electron chi connectivity index (χ3n) is 4.57. The van der Waals surface area contributed by atoms with E-state index in [0.717, 1.165) is 18.4 Å². The highest BCUT2D eigenvalue weighted by molar-refractivity contribution is 5.91. The lowest BCUT2D eigenvalue weighted by atomic mass is 9.91. The molecule has 1 saturated carbocycles. The maximum atomic E-state index is 13.0.